The van der Waals surface area contributed by atoms with Crippen LogP contribution in [0.25, 0.3) is 28.2 Å². The van der Waals surface area contributed by atoms with Crippen LogP contribution in [0.5, 0.6) is 0 Å². The standard InChI is InChI=1S/C15H13ClN6O/c1-23-7-6-11-19-14-12(17-8-18-14)15-20-13(21-22(11)15)9-2-4-10(16)5-3-9/h2-5,8H,6-7H2,1H3,(H,17,18). The molecule has 0 bridgehead atoms. The van der Waals surface area contributed by atoms with Gasteiger partial charge in [0.25, 0.3) is 0 Å². The van der Waals surface area contributed by atoms with E-state index in [1.807, 2.05) is 24.3 Å². The number of benzene rings is 1. The second kappa shape index (κ2) is 5.60. The highest BCUT2D eigenvalue weighted by molar-refractivity contribution is 6.30. The van der Waals surface area contributed by atoms with Gasteiger partial charge in [-0.15, -0.1) is 5.10 Å². The fourth-order valence-corrected chi connectivity index (χ4v) is 2.56. The Morgan fingerprint density at radius 1 is 1.22 bits per heavy atom. The number of nitrogens with one attached hydrogen (secondary N) is 1. The van der Waals surface area contributed by atoms with Gasteiger partial charge in [-0.25, -0.2) is 15.0 Å². The molecule has 0 aliphatic heterocycles. The van der Waals surface area contributed by atoms with E-state index >= 15 is 0 Å². The molecule has 0 spiro atoms. The van der Waals surface area contributed by atoms with Gasteiger partial charge in [-0.3, -0.25) is 0 Å². The minimum absolute atomic E-state index is 0.550. The fourth-order valence-electron chi connectivity index (χ4n) is 2.44. The lowest BCUT2D eigenvalue weighted by Crippen LogP contribution is -2.07. The predicted octanol–water partition coefficient (Wildman–Crippen LogP) is 2.51. The van der Waals surface area contributed by atoms with Gasteiger partial charge >= 0.3 is 0 Å². The summed E-state index contributed by atoms with van der Waals surface area (Å²) in [6, 6.07) is 7.42. The Hall–Kier alpha value is -2.51. The van der Waals surface area contributed by atoms with Crippen LogP contribution in [0.1, 0.15) is 5.82 Å². The smallest absolute Gasteiger partial charge is 0.185 e. The van der Waals surface area contributed by atoms with E-state index in [0.29, 0.717) is 35.2 Å². The largest absolute Gasteiger partial charge is 0.384 e. The lowest BCUT2D eigenvalue weighted by atomic mass is 10.2. The topological polar surface area (TPSA) is 81.0 Å². The van der Waals surface area contributed by atoms with E-state index in [4.69, 9.17) is 16.3 Å². The number of imidazole rings is 1. The maximum Gasteiger partial charge on any atom is 0.185 e. The number of hydrogen-bond acceptors (Lipinski definition) is 5. The Labute approximate surface area is 136 Å². The number of ether oxygens (including phenoxy) is 1. The van der Waals surface area contributed by atoms with Crippen LogP contribution in [-0.4, -0.2) is 43.3 Å². The van der Waals surface area contributed by atoms with Crippen LogP contribution in [0.2, 0.25) is 5.02 Å². The number of aromatic nitrogens is 6. The first-order valence-electron chi connectivity index (χ1n) is 7.10. The van der Waals surface area contributed by atoms with Crippen LogP contribution in [-0.2, 0) is 11.2 Å². The molecule has 0 fully saturated rings. The third-order valence-corrected chi connectivity index (χ3v) is 3.81. The van der Waals surface area contributed by atoms with Crippen molar-refractivity contribution < 1.29 is 4.74 Å². The van der Waals surface area contributed by atoms with Crippen molar-refractivity contribution in [2.24, 2.45) is 0 Å². The van der Waals surface area contributed by atoms with Crippen LogP contribution in [0.15, 0.2) is 30.6 Å². The van der Waals surface area contributed by atoms with E-state index in [1.165, 1.54) is 0 Å². The molecule has 7 nitrogen and oxygen atoms in total. The molecule has 4 aromatic rings. The van der Waals surface area contributed by atoms with Gasteiger partial charge in [0.05, 0.1) is 12.9 Å². The Morgan fingerprint density at radius 2 is 2.04 bits per heavy atom. The van der Waals surface area contributed by atoms with Gasteiger partial charge in [-0.1, -0.05) is 11.6 Å². The van der Waals surface area contributed by atoms with Crippen LogP contribution >= 0.6 is 11.6 Å². The SMILES string of the molecule is COCCc1nc2nc[nH]c2c2nc(-c3ccc(Cl)cc3)nn12. The summed E-state index contributed by atoms with van der Waals surface area (Å²) >= 11 is 5.94. The van der Waals surface area contributed by atoms with Gasteiger partial charge in [0.2, 0.25) is 0 Å². The Kier molecular flexibility index (Phi) is 3.44. The highest BCUT2D eigenvalue weighted by Crippen LogP contribution is 2.22. The summed E-state index contributed by atoms with van der Waals surface area (Å²) in [6.07, 6.45) is 2.23. The molecular formula is C15H13ClN6O. The molecule has 0 saturated carbocycles. The molecule has 0 aliphatic rings. The number of H-pyrrole nitrogens is 1. The first kappa shape index (κ1) is 14.1. The van der Waals surface area contributed by atoms with E-state index in [0.717, 1.165) is 16.9 Å². The maximum absolute atomic E-state index is 5.94. The average Bonchev–Trinajstić information content (AvgIpc) is 3.19. The van der Waals surface area contributed by atoms with Crippen molar-refractivity contribution >= 4 is 28.4 Å². The van der Waals surface area contributed by atoms with E-state index in [1.54, 1.807) is 18.0 Å². The maximum atomic E-state index is 5.94. The molecule has 4 rings (SSSR count). The molecular weight excluding hydrogens is 316 g/mol. The normalized spacial score (nSPS) is 11.6. The van der Waals surface area contributed by atoms with Crippen molar-refractivity contribution in [2.45, 2.75) is 6.42 Å². The summed E-state index contributed by atoms with van der Waals surface area (Å²) in [5.41, 5.74) is 2.98. The van der Waals surface area contributed by atoms with Gasteiger partial charge in [0.1, 0.15) is 11.3 Å². The van der Waals surface area contributed by atoms with Crippen molar-refractivity contribution in [2.75, 3.05) is 13.7 Å². The van der Waals surface area contributed by atoms with Gasteiger partial charge in [0.15, 0.2) is 17.1 Å². The Morgan fingerprint density at radius 3 is 2.83 bits per heavy atom. The predicted molar refractivity (Wildman–Crippen MR) is 86.5 cm³/mol. The molecule has 0 saturated heterocycles. The van der Waals surface area contributed by atoms with Crippen molar-refractivity contribution in [1.82, 2.24) is 29.5 Å². The first-order chi connectivity index (χ1) is 11.3. The lowest BCUT2D eigenvalue weighted by Gasteiger charge is -2.02. The molecule has 3 aromatic heterocycles. The summed E-state index contributed by atoms with van der Waals surface area (Å²) in [5.74, 6) is 1.37. The van der Waals surface area contributed by atoms with E-state index in [2.05, 4.69) is 25.0 Å². The average molecular weight is 329 g/mol. The van der Waals surface area contributed by atoms with E-state index < -0.39 is 0 Å². The van der Waals surface area contributed by atoms with E-state index in [-0.39, 0.29) is 0 Å². The number of rotatable bonds is 4. The molecule has 0 radical (unpaired) electrons. The summed E-state index contributed by atoms with van der Waals surface area (Å²) in [4.78, 5) is 16.5. The van der Waals surface area contributed by atoms with Gasteiger partial charge in [0, 0.05) is 24.1 Å². The molecule has 1 N–H and O–H groups in total. The summed E-state index contributed by atoms with van der Waals surface area (Å²) in [5, 5.41) is 5.27. The van der Waals surface area contributed by atoms with Crippen molar-refractivity contribution in [3.8, 4) is 11.4 Å². The second-order valence-corrected chi connectivity index (χ2v) is 5.49. The monoisotopic (exact) mass is 328 g/mol. The third-order valence-electron chi connectivity index (χ3n) is 3.56. The molecule has 0 atom stereocenters. The molecule has 0 aliphatic carbocycles. The van der Waals surface area contributed by atoms with Crippen LogP contribution in [0.3, 0.4) is 0 Å². The number of nitrogens with zero attached hydrogens (tertiary/aromatic N) is 5. The lowest BCUT2D eigenvalue weighted by molar-refractivity contribution is 0.200. The van der Waals surface area contributed by atoms with Crippen molar-refractivity contribution in [3.63, 3.8) is 0 Å². The number of aromatic amines is 1. The summed E-state index contributed by atoms with van der Waals surface area (Å²) in [7, 11) is 1.66. The molecule has 1 aromatic carbocycles. The van der Waals surface area contributed by atoms with Crippen LogP contribution in [0, 0.1) is 0 Å². The van der Waals surface area contributed by atoms with Crippen LogP contribution < -0.4 is 0 Å². The quantitative estimate of drug-likeness (QED) is 0.622. The minimum Gasteiger partial charge on any atom is -0.384 e. The Bertz CT molecular complexity index is 975. The van der Waals surface area contributed by atoms with Crippen molar-refractivity contribution in [1.29, 1.82) is 0 Å². The van der Waals surface area contributed by atoms with Crippen LogP contribution in [0.4, 0.5) is 0 Å². The number of halogens is 1. The molecule has 3 heterocycles. The van der Waals surface area contributed by atoms with Gasteiger partial charge in [-0.2, -0.15) is 4.52 Å². The number of fused-ring (bicyclic) bond motifs is 3. The molecule has 0 amide bonds. The van der Waals surface area contributed by atoms with Gasteiger partial charge < -0.3 is 9.72 Å². The summed E-state index contributed by atoms with van der Waals surface area (Å²) < 4.78 is 6.89. The van der Waals surface area contributed by atoms with E-state index in [9.17, 15) is 0 Å². The zero-order valence-corrected chi connectivity index (χ0v) is 13.1. The van der Waals surface area contributed by atoms with Gasteiger partial charge in [-0.05, 0) is 24.3 Å². The summed E-state index contributed by atoms with van der Waals surface area (Å²) in [6.45, 7) is 0.550. The minimum atomic E-state index is 0.550. The number of hydrogen-bond donors (Lipinski definition) is 1. The first-order valence-corrected chi connectivity index (χ1v) is 7.47. The number of methoxy groups -OCH3 is 1. The second-order valence-electron chi connectivity index (χ2n) is 5.05. The third kappa shape index (κ3) is 2.43. The zero-order chi connectivity index (χ0) is 15.8. The molecule has 116 valence electrons. The highest BCUT2D eigenvalue weighted by atomic mass is 35.5. The molecule has 23 heavy (non-hydrogen) atoms. The fraction of sp³-hybridized carbons (Fsp3) is 0.200. The van der Waals surface area contributed by atoms with Crippen molar-refractivity contribution in [3.05, 3.63) is 41.4 Å². The molecule has 8 heteroatoms. The zero-order valence-electron chi connectivity index (χ0n) is 12.3. The highest BCUT2D eigenvalue weighted by Gasteiger charge is 2.15. The molecule has 0 unspecified atom stereocenters. The Balaban J connectivity index is 1.93.